The van der Waals surface area contributed by atoms with Crippen LogP contribution in [0.3, 0.4) is 0 Å². The summed E-state index contributed by atoms with van der Waals surface area (Å²) in [4.78, 5) is 2.38. The topological polar surface area (TPSA) is 46.0 Å². The maximum Gasteiger partial charge on any atom is 0.0964 e. The Morgan fingerprint density at radius 2 is 2.40 bits per heavy atom. The largest absolute Gasteiger partial charge is 0.311 e. The molecule has 1 saturated heterocycles. The first-order chi connectivity index (χ1) is 7.24. The van der Waals surface area contributed by atoms with Crippen molar-refractivity contribution in [2.45, 2.75) is 13.0 Å². The van der Waals surface area contributed by atoms with E-state index < -0.39 is 0 Å². The number of nitrogens with one attached hydrogen (secondary N) is 1. The summed E-state index contributed by atoms with van der Waals surface area (Å²) in [5.74, 6) is 0.798. The van der Waals surface area contributed by atoms with Crippen LogP contribution in [0.2, 0.25) is 0 Å². The number of aryl methyl sites for hydroxylation is 1. The molecular weight excluding hydrogens is 190 g/mol. The van der Waals surface area contributed by atoms with Crippen molar-refractivity contribution in [2.75, 3.05) is 26.7 Å². The van der Waals surface area contributed by atoms with Gasteiger partial charge < -0.3 is 10.2 Å². The molecule has 1 aromatic rings. The molecule has 0 aromatic carbocycles. The van der Waals surface area contributed by atoms with E-state index in [1.165, 1.54) is 19.5 Å². The molecule has 15 heavy (non-hydrogen) atoms. The summed E-state index contributed by atoms with van der Waals surface area (Å²) in [7, 11) is 4.07. The molecule has 1 aliphatic heterocycles. The molecule has 2 rings (SSSR count). The van der Waals surface area contributed by atoms with E-state index in [9.17, 15) is 0 Å². The van der Waals surface area contributed by atoms with Crippen molar-refractivity contribution in [2.24, 2.45) is 13.0 Å². The lowest BCUT2D eigenvalue weighted by molar-refractivity contribution is 0.388. The Hall–Kier alpha value is -0.940. The molecular formula is C10H19N5. The summed E-state index contributed by atoms with van der Waals surface area (Å²) >= 11 is 0. The normalized spacial score (nSPS) is 22.4. The molecule has 5 heteroatoms. The molecule has 1 aliphatic rings. The fourth-order valence-electron chi connectivity index (χ4n) is 2.07. The van der Waals surface area contributed by atoms with Crippen LogP contribution in [-0.4, -0.2) is 46.6 Å². The van der Waals surface area contributed by atoms with Crippen LogP contribution >= 0.6 is 0 Å². The Kier molecular flexibility index (Phi) is 3.33. The first-order valence-electron chi connectivity index (χ1n) is 5.48. The van der Waals surface area contributed by atoms with Crippen molar-refractivity contribution in [3.8, 4) is 0 Å². The van der Waals surface area contributed by atoms with Crippen LogP contribution in [0.4, 0.5) is 0 Å². The van der Waals surface area contributed by atoms with Gasteiger partial charge in [0.2, 0.25) is 0 Å². The second-order valence-corrected chi connectivity index (χ2v) is 4.43. The van der Waals surface area contributed by atoms with Gasteiger partial charge in [-0.2, -0.15) is 0 Å². The number of likely N-dealkylation sites (tertiary alicyclic amines) is 1. The molecule has 2 heterocycles. The van der Waals surface area contributed by atoms with Crippen LogP contribution in [-0.2, 0) is 13.6 Å². The third-order valence-electron chi connectivity index (χ3n) is 2.88. The van der Waals surface area contributed by atoms with Crippen molar-refractivity contribution in [1.82, 2.24) is 25.2 Å². The first kappa shape index (κ1) is 10.6. The van der Waals surface area contributed by atoms with E-state index in [0.29, 0.717) is 0 Å². The molecule has 5 nitrogen and oxygen atoms in total. The minimum Gasteiger partial charge on any atom is -0.311 e. The number of rotatable bonds is 4. The summed E-state index contributed by atoms with van der Waals surface area (Å²) < 4.78 is 1.74. The number of nitrogens with zero attached hydrogens (tertiary/aromatic N) is 4. The molecule has 1 fully saturated rings. The Morgan fingerprint density at radius 1 is 1.53 bits per heavy atom. The van der Waals surface area contributed by atoms with E-state index in [0.717, 1.165) is 24.7 Å². The Balaban J connectivity index is 1.67. The van der Waals surface area contributed by atoms with Crippen molar-refractivity contribution in [1.29, 1.82) is 0 Å². The zero-order valence-corrected chi connectivity index (χ0v) is 9.48. The lowest BCUT2D eigenvalue weighted by Crippen LogP contribution is -2.24. The highest BCUT2D eigenvalue weighted by Gasteiger charge is 2.18. The zero-order chi connectivity index (χ0) is 10.7. The lowest BCUT2D eigenvalue weighted by Gasteiger charge is -2.10. The molecule has 0 aliphatic carbocycles. The average Bonchev–Trinajstić information content (AvgIpc) is 2.76. The van der Waals surface area contributed by atoms with Crippen molar-refractivity contribution >= 4 is 0 Å². The molecule has 0 radical (unpaired) electrons. The molecule has 1 atom stereocenters. The van der Waals surface area contributed by atoms with Crippen LogP contribution in [0.15, 0.2) is 6.20 Å². The van der Waals surface area contributed by atoms with Gasteiger partial charge in [-0.1, -0.05) is 5.21 Å². The van der Waals surface area contributed by atoms with Gasteiger partial charge in [-0.25, -0.2) is 0 Å². The molecule has 0 spiro atoms. The van der Waals surface area contributed by atoms with Gasteiger partial charge in [0.25, 0.3) is 0 Å². The van der Waals surface area contributed by atoms with E-state index in [1.54, 1.807) is 4.68 Å². The van der Waals surface area contributed by atoms with Crippen molar-refractivity contribution in [3.05, 3.63) is 11.9 Å². The fourth-order valence-corrected chi connectivity index (χ4v) is 2.07. The number of hydrogen-bond donors (Lipinski definition) is 1. The predicted molar refractivity (Wildman–Crippen MR) is 58.3 cm³/mol. The third kappa shape index (κ3) is 3.00. The predicted octanol–water partition coefficient (Wildman–Crippen LogP) is -0.144. The number of hydrogen-bond acceptors (Lipinski definition) is 4. The molecule has 84 valence electrons. The van der Waals surface area contributed by atoms with E-state index in [1.807, 2.05) is 13.2 Å². The third-order valence-corrected chi connectivity index (χ3v) is 2.88. The van der Waals surface area contributed by atoms with E-state index in [2.05, 4.69) is 27.6 Å². The summed E-state index contributed by atoms with van der Waals surface area (Å²) in [5, 5.41) is 11.4. The Morgan fingerprint density at radius 3 is 3.00 bits per heavy atom. The van der Waals surface area contributed by atoms with Gasteiger partial charge in [0, 0.05) is 26.3 Å². The van der Waals surface area contributed by atoms with Crippen LogP contribution in [0.5, 0.6) is 0 Å². The van der Waals surface area contributed by atoms with Crippen LogP contribution in [0.25, 0.3) is 0 Å². The van der Waals surface area contributed by atoms with E-state index in [-0.39, 0.29) is 0 Å². The zero-order valence-electron chi connectivity index (χ0n) is 9.48. The fraction of sp³-hybridized carbons (Fsp3) is 0.800. The highest BCUT2D eigenvalue weighted by Crippen LogP contribution is 2.12. The smallest absolute Gasteiger partial charge is 0.0964 e. The maximum absolute atomic E-state index is 4.03. The second-order valence-electron chi connectivity index (χ2n) is 4.43. The number of aromatic nitrogens is 3. The van der Waals surface area contributed by atoms with Crippen molar-refractivity contribution in [3.63, 3.8) is 0 Å². The van der Waals surface area contributed by atoms with Gasteiger partial charge in [0.1, 0.15) is 0 Å². The highest BCUT2D eigenvalue weighted by atomic mass is 15.4. The minimum atomic E-state index is 0.798. The molecule has 0 amide bonds. The first-order valence-corrected chi connectivity index (χ1v) is 5.48. The summed E-state index contributed by atoms with van der Waals surface area (Å²) in [6.07, 6.45) is 3.26. The Labute approximate surface area is 90.5 Å². The maximum atomic E-state index is 4.03. The van der Waals surface area contributed by atoms with Crippen LogP contribution in [0.1, 0.15) is 12.1 Å². The average molecular weight is 209 g/mol. The van der Waals surface area contributed by atoms with Crippen LogP contribution in [0, 0.1) is 5.92 Å². The SMILES string of the molecule is CN1CCC(CNCc2cn(C)nn2)C1. The molecule has 1 unspecified atom stereocenters. The summed E-state index contributed by atoms with van der Waals surface area (Å²) in [6.45, 7) is 4.36. The minimum absolute atomic E-state index is 0.798. The van der Waals surface area contributed by atoms with Crippen molar-refractivity contribution < 1.29 is 0 Å². The van der Waals surface area contributed by atoms with E-state index in [4.69, 9.17) is 0 Å². The van der Waals surface area contributed by atoms with Gasteiger partial charge in [-0.05, 0) is 32.5 Å². The van der Waals surface area contributed by atoms with E-state index >= 15 is 0 Å². The Bertz CT molecular complexity index is 309. The highest BCUT2D eigenvalue weighted by molar-refractivity contribution is 4.91. The van der Waals surface area contributed by atoms with Gasteiger partial charge in [-0.15, -0.1) is 5.10 Å². The van der Waals surface area contributed by atoms with Crippen LogP contribution < -0.4 is 5.32 Å². The summed E-state index contributed by atoms with van der Waals surface area (Å²) in [5.41, 5.74) is 1.02. The van der Waals surface area contributed by atoms with Gasteiger partial charge >= 0.3 is 0 Å². The van der Waals surface area contributed by atoms with Gasteiger partial charge in [-0.3, -0.25) is 4.68 Å². The quantitative estimate of drug-likeness (QED) is 0.749. The summed E-state index contributed by atoms with van der Waals surface area (Å²) in [6, 6.07) is 0. The molecule has 1 aromatic heterocycles. The van der Waals surface area contributed by atoms with Gasteiger partial charge in [0.15, 0.2) is 0 Å². The lowest BCUT2D eigenvalue weighted by atomic mass is 10.1. The monoisotopic (exact) mass is 209 g/mol. The molecule has 1 N–H and O–H groups in total. The van der Waals surface area contributed by atoms with Gasteiger partial charge in [0.05, 0.1) is 5.69 Å². The second kappa shape index (κ2) is 4.72. The molecule has 0 saturated carbocycles. The standard InChI is InChI=1S/C10H19N5/c1-14-4-3-9(7-14)5-11-6-10-8-15(2)13-12-10/h8-9,11H,3-7H2,1-2H3. The molecule has 0 bridgehead atoms.